The van der Waals surface area contributed by atoms with Crippen LogP contribution in [0.2, 0.25) is 0 Å². The molecule has 1 atom stereocenters. The van der Waals surface area contributed by atoms with Crippen molar-refractivity contribution in [2.75, 3.05) is 6.61 Å². The first-order chi connectivity index (χ1) is 9.88. The summed E-state index contributed by atoms with van der Waals surface area (Å²) >= 11 is 0. The SMILES string of the molecule is CC(C)[C@H](NC(=O)c1c(F)cccc1F)C(=O)OCC#N. The van der Waals surface area contributed by atoms with Crippen molar-refractivity contribution in [2.24, 2.45) is 5.92 Å². The Balaban J connectivity index is 2.92. The lowest BCUT2D eigenvalue weighted by Gasteiger charge is -2.20. The first kappa shape index (κ1) is 16.6. The number of nitrogens with zero attached hydrogens (tertiary/aromatic N) is 1. The molecule has 0 saturated heterocycles. The van der Waals surface area contributed by atoms with Gasteiger partial charge in [0.05, 0.1) is 0 Å². The van der Waals surface area contributed by atoms with Crippen LogP contribution in [0.25, 0.3) is 0 Å². The highest BCUT2D eigenvalue weighted by Gasteiger charge is 2.28. The molecule has 7 heteroatoms. The molecule has 5 nitrogen and oxygen atoms in total. The predicted octanol–water partition coefficient (Wildman–Crippen LogP) is 1.79. The van der Waals surface area contributed by atoms with Gasteiger partial charge in [-0.05, 0) is 18.1 Å². The molecule has 0 radical (unpaired) electrons. The molecule has 1 aromatic carbocycles. The Morgan fingerprint density at radius 1 is 1.33 bits per heavy atom. The number of halogens is 2. The van der Waals surface area contributed by atoms with Gasteiger partial charge in [-0.3, -0.25) is 4.79 Å². The van der Waals surface area contributed by atoms with Crippen LogP contribution in [0.1, 0.15) is 24.2 Å². The third-order valence-corrected chi connectivity index (χ3v) is 2.68. The van der Waals surface area contributed by atoms with Crippen molar-refractivity contribution in [3.8, 4) is 6.07 Å². The molecule has 1 N–H and O–H groups in total. The largest absolute Gasteiger partial charge is 0.449 e. The lowest BCUT2D eigenvalue weighted by atomic mass is 10.0. The third-order valence-electron chi connectivity index (χ3n) is 2.68. The smallest absolute Gasteiger partial charge is 0.329 e. The fourth-order valence-corrected chi connectivity index (χ4v) is 1.62. The maximum atomic E-state index is 13.5. The lowest BCUT2D eigenvalue weighted by Crippen LogP contribution is -2.45. The van der Waals surface area contributed by atoms with E-state index in [-0.39, 0.29) is 5.92 Å². The second kappa shape index (κ2) is 7.33. The van der Waals surface area contributed by atoms with Crippen molar-refractivity contribution < 1.29 is 23.1 Å². The van der Waals surface area contributed by atoms with Crippen LogP contribution < -0.4 is 5.32 Å². The minimum Gasteiger partial charge on any atom is -0.449 e. The molecule has 0 fully saturated rings. The number of hydrogen-bond donors (Lipinski definition) is 1. The minimum absolute atomic E-state index is 0.380. The van der Waals surface area contributed by atoms with E-state index in [0.717, 1.165) is 18.2 Å². The second-order valence-electron chi connectivity index (χ2n) is 4.56. The Bertz CT molecular complexity index is 562. The van der Waals surface area contributed by atoms with E-state index < -0.39 is 41.7 Å². The molecule has 0 bridgehead atoms. The molecule has 0 aliphatic carbocycles. The number of nitriles is 1. The number of carbonyl (C=O) groups excluding carboxylic acids is 2. The summed E-state index contributed by atoms with van der Waals surface area (Å²) in [6.45, 7) is 2.78. The Hall–Kier alpha value is -2.49. The van der Waals surface area contributed by atoms with E-state index in [9.17, 15) is 18.4 Å². The van der Waals surface area contributed by atoms with Gasteiger partial charge in [0.1, 0.15) is 29.3 Å². The van der Waals surface area contributed by atoms with Crippen molar-refractivity contribution in [1.82, 2.24) is 5.32 Å². The number of ether oxygens (including phenoxy) is 1. The number of amides is 1. The number of esters is 1. The predicted molar refractivity (Wildman–Crippen MR) is 69.0 cm³/mol. The quantitative estimate of drug-likeness (QED) is 0.840. The summed E-state index contributed by atoms with van der Waals surface area (Å²) in [5.74, 6) is -4.33. The van der Waals surface area contributed by atoms with Crippen LogP contribution in [0.3, 0.4) is 0 Å². The standard InChI is InChI=1S/C14H14F2N2O3/c1-8(2)12(14(20)21-7-6-17)18-13(19)11-9(15)4-3-5-10(11)16/h3-5,8,12H,7H2,1-2H3,(H,18,19)/t12-/m0/s1. The first-order valence-corrected chi connectivity index (χ1v) is 6.17. The van der Waals surface area contributed by atoms with Crippen LogP contribution in [-0.4, -0.2) is 24.5 Å². The molecule has 21 heavy (non-hydrogen) atoms. The maximum absolute atomic E-state index is 13.5. The molecular weight excluding hydrogens is 282 g/mol. The Morgan fingerprint density at radius 3 is 2.38 bits per heavy atom. The summed E-state index contributed by atoms with van der Waals surface area (Å²) in [5, 5.41) is 10.6. The molecule has 112 valence electrons. The van der Waals surface area contributed by atoms with Gasteiger partial charge in [0.2, 0.25) is 0 Å². The average Bonchev–Trinajstić information content (AvgIpc) is 2.41. The fraction of sp³-hybridized carbons (Fsp3) is 0.357. The van der Waals surface area contributed by atoms with Gasteiger partial charge >= 0.3 is 5.97 Å². The Morgan fingerprint density at radius 2 is 1.90 bits per heavy atom. The fourth-order valence-electron chi connectivity index (χ4n) is 1.62. The highest BCUT2D eigenvalue weighted by molar-refractivity contribution is 5.97. The van der Waals surface area contributed by atoms with E-state index in [1.807, 2.05) is 0 Å². The van der Waals surface area contributed by atoms with Gasteiger partial charge in [-0.2, -0.15) is 5.26 Å². The number of carbonyl (C=O) groups is 2. The van der Waals surface area contributed by atoms with E-state index in [1.54, 1.807) is 19.9 Å². The molecule has 1 aromatic rings. The molecule has 0 spiro atoms. The van der Waals surface area contributed by atoms with Gasteiger partial charge in [-0.1, -0.05) is 19.9 Å². The van der Waals surface area contributed by atoms with E-state index in [0.29, 0.717) is 0 Å². The zero-order valence-corrected chi connectivity index (χ0v) is 11.5. The van der Waals surface area contributed by atoms with Crippen molar-refractivity contribution in [3.05, 3.63) is 35.4 Å². The molecule has 0 aliphatic rings. The number of benzene rings is 1. The van der Waals surface area contributed by atoms with Gasteiger partial charge in [0.25, 0.3) is 5.91 Å². The normalized spacial score (nSPS) is 11.6. The molecule has 0 heterocycles. The number of rotatable bonds is 5. The van der Waals surface area contributed by atoms with Gasteiger partial charge < -0.3 is 10.1 Å². The highest BCUT2D eigenvalue weighted by Crippen LogP contribution is 2.13. The van der Waals surface area contributed by atoms with Crippen LogP contribution in [0.15, 0.2) is 18.2 Å². The number of hydrogen-bond acceptors (Lipinski definition) is 4. The summed E-state index contributed by atoms with van der Waals surface area (Å²) in [7, 11) is 0. The summed E-state index contributed by atoms with van der Waals surface area (Å²) in [5.41, 5.74) is -0.767. The Labute approximate surface area is 120 Å². The minimum atomic E-state index is -1.11. The zero-order valence-electron chi connectivity index (χ0n) is 11.5. The van der Waals surface area contributed by atoms with Crippen molar-refractivity contribution >= 4 is 11.9 Å². The van der Waals surface area contributed by atoms with Crippen LogP contribution in [-0.2, 0) is 9.53 Å². The summed E-state index contributed by atoms with van der Waals surface area (Å²) in [4.78, 5) is 23.6. The molecule has 0 aliphatic heterocycles. The van der Waals surface area contributed by atoms with Crippen molar-refractivity contribution in [3.63, 3.8) is 0 Å². The van der Waals surface area contributed by atoms with Gasteiger partial charge in [-0.15, -0.1) is 0 Å². The average molecular weight is 296 g/mol. The van der Waals surface area contributed by atoms with Gasteiger partial charge in [0, 0.05) is 0 Å². The Kier molecular flexibility index (Phi) is 5.79. The zero-order chi connectivity index (χ0) is 16.0. The monoisotopic (exact) mass is 296 g/mol. The van der Waals surface area contributed by atoms with Crippen molar-refractivity contribution in [1.29, 1.82) is 5.26 Å². The molecule has 1 amide bonds. The third kappa shape index (κ3) is 4.24. The van der Waals surface area contributed by atoms with E-state index in [4.69, 9.17) is 5.26 Å². The highest BCUT2D eigenvalue weighted by atomic mass is 19.1. The summed E-state index contributed by atoms with van der Waals surface area (Å²) in [6, 6.07) is 3.52. The van der Waals surface area contributed by atoms with Crippen LogP contribution in [0.4, 0.5) is 8.78 Å². The van der Waals surface area contributed by atoms with E-state index in [1.165, 1.54) is 0 Å². The van der Waals surface area contributed by atoms with Crippen LogP contribution >= 0.6 is 0 Å². The summed E-state index contributed by atoms with van der Waals surface area (Å²) < 4.78 is 31.6. The van der Waals surface area contributed by atoms with Crippen molar-refractivity contribution in [2.45, 2.75) is 19.9 Å². The molecule has 0 saturated carbocycles. The second-order valence-corrected chi connectivity index (χ2v) is 4.56. The lowest BCUT2D eigenvalue weighted by molar-refractivity contribution is -0.145. The van der Waals surface area contributed by atoms with E-state index in [2.05, 4.69) is 10.1 Å². The molecule has 1 rings (SSSR count). The van der Waals surface area contributed by atoms with Gasteiger partial charge in [0.15, 0.2) is 6.61 Å². The van der Waals surface area contributed by atoms with E-state index >= 15 is 0 Å². The molecular formula is C14H14F2N2O3. The molecule has 0 unspecified atom stereocenters. The van der Waals surface area contributed by atoms with Gasteiger partial charge in [-0.25, -0.2) is 13.6 Å². The summed E-state index contributed by atoms with van der Waals surface area (Å²) in [6.07, 6.45) is 0. The topological polar surface area (TPSA) is 79.2 Å². The molecule has 0 aromatic heterocycles. The first-order valence-electron chi connectivity index (χ1n) is 6.17. The van der Waals surface area contributed by atoms with Crippen LogP contribution in [0.5, 0.6) is 0 Å². The maximum Gasteiger partial charge on any atom is 0.329 e. The van der Waals surface area contributed by atoms with Crippen LogP contribution in [0, 0.1) is 28.9 Å². The number of nitrogens with one attached hydrogen (secondary N) is 1.